The smallest absolute Gasteiger partial charge is 0.255 e. The molecule has 1 amide bonds. The largest absolute Gasteiger partial charge is 0.398 e. The number of carbonyl (C=O) groups is 1. The topological polar surface area (TPSA) is 46.3 Å². The first-order chi connectivity index (χ1) is 6.56. The number of carbonyl (C=O) groups excluding carboxylic acids is 1. The van der Waals surface area contributed by atoms with E-state index in [1.807, 2.05) is 6.92 Å². The molecular weight excluding hydrogens is 200 g/mol. The second-order valence-electron chi connectivity index (χ2n) is 3.05. The molecule has 0 aliphatic heterocycles. The maximum atomic E-state index is 11.7. The van der Waals surface area contributed by atoms with E-state index in [9.17, 15) is 4.79 Å². The van der Waals surface area contributed by atoms with Crippen LogP contribution < -0.4 is 5.73 Å². The van der Waals surface area contributed by atoms with Crippen LogP contribution in [0.15, 0.2) is 18.2 Å². The van der Waals surface area contributed by atoms with Crippen molar-refractivity contribution in [1.82, 2.24) is 4.90 Å². The van der Waals surface area contributed by atoms with Gasteiger partial charge in [-0.3, -0.25) is 4.79 Å². The van der Waals surface area contributed by atoms with Gasteiger partial charge in [-0.15, -0.1) is 0 Å². The summed E-state index contributed by atoms with van der Waals surface area (Å²) in [5, 5.41) is 0.540. The van der Waals surface area contributed by atoms with Crippen LogP contribution in [0.25, 0.3) is 0 Å². The van der Waals surface area contributed by atoms with E-state index in [1.165, 1.54) is 0 Å². The summed E-state index contributed by atoms with van der Waals surface area (Å²) in [5.74, 6) is -0.0818. The molecule has 14 heavy (non-hydrogen) atoms. The van der Waals surface area contributed by atoms with Crippen LogP contribution >= 0.6 is 11.6 Å². The Morgan fingerprint density at radius 2 is 2.21 bits per heavy atom. The van der Waals surface area contributed by atoms with Crippen molar-refractivity contribution in [3.63, 3.8) is 0 Å². The maximum Gasteiger partial charge on any atom is 0.255 e. The zero-order valence-electron chi connectivity index (χ0n) is 8.25. The van der Waals surface area contributed by atoms with Gasteiger partial charge in [-0.05, 0) is 25.1 Å². The highest BCUT2D eigenvalue weighted by atomic mass is 35.5. The van der Waals surface area contributed by atoms with Crippen LogP contribution in [-0.4, -0.2) is 24.4 Å². The molecule has 1 aromatic carbocycles. The van der Waals surface area contributed by atoms with Crippen molar-refractivity contribution in [1.29, 1.82) is 0 Å². The van der Waals surface area contributed by atoms with Crippen molar-refractivity contribution in [2.75, 3.05) is 19.3 Å². The lowest BCUT2D eigenvalue weighted by Crippen LogP contribution is -2.26. The van der Waals surface area contributed by atoms with Crippen LogP contribution in [0, 0.1) is 0 Å². The zero-order chi connectivity index (χ0) is 10.7. The maximum absolute atomic E-state index is 11.7. The molecule has 0 spiro atoms. The van der Waals surface area contributed by atoms with Gasteiger partial charge in [0.15, 0.2) is 0 Å². The fraction of sp³-hybridized carbons (Fsp3) is 0.300. The Morgan fingerprint density at radius 3 is 2.71 bits per heavy atom. The number of nitrogens with two attached hydrogens (primary N) is 1. The monoisotopic (exact) mass is 212 g/mol. The van der Waals surface area contributed by atoms with E-state index >= 15 is 0 Å². The number of hydrogen-bond acceptors (Lipinski definition) is 2. The lowest BCUT2D eigenvalue weighted by molar-refractivity contribution is 0.0803. The average Bonchev–Trinajstić information content (AvgIpc) is 2.15. The molecule has 76 valence electrons. The third-order valence-corrected chi connectivity index (χ3v) is 2.30. The van der Waals surface area contributed by atoms with E-state index in [1.54, 1.807) is 30.1 Å². The molecule has 0 bridgehead atoms. The first kappa shape index (κ1) is 10.9. The van der Waals surface area contributed by atoms with Crippen molar-refractivity contribution in [2.45, 2.75) is 6.92 Å². The lowest BCUT2D eigenvalue weighted by Gasteiger charge is -2.15. The number of rotatable bonds is 2. The standard InChI is InChI=1S/C10H13ClN2O/c1-3-13(2)10(14)8-5-4-7(11)6-9(8)12/h4-6H,3,12H2,1-2H3. The number of nitrogens with zero attached hydrogens (tertiary/aromatic N) is 1. The predicted octanol–water partition coefficient (Wildman–Crippen LogP) is 2.01. The molecule has 0 atom stereocenters. The normalized spacial score (nSPS) is 9.93. The summed E-state index contributed by atoms with van der Waals surface area (Å²) in [5.41, 5.74) is 6.60. The molecule has 0 aliphatic rings. The molecule has 0 saturated heterocycles. The molecule has 0 saturated carbocycles. The quantitative estimate of drug-likeness (QED) is 0.763. The first-order valence-electron chi connectivity index (χ1n) is 4.36. The van der Waals surface area contributed by atoms with Crippen LogP contribution in [0.3, 0.4) is 0 Å². The predicted molar refractivity (Wildman–Crippen MR) is 58.5 cm³/mol. The molecule has 0 heterocycles. The van der Waals surface area contributed by atoms with E-state index < -0.39 is 0 Å². The molecule has 3 nitrogen and oxygen atoms in total. The zero-order valence-corrected chi connectivity index (χ0v) is 9.01. The Labute approximate surface area is 88.5 Å². The van der Waals surface area contributed by atoms with Crippen LogP contribution in [-0.2, 0) is 0 Å². The highest BCUT2D eigenvalue weighted by Gasteiger charge is 2.12. The lowest BCUT2D eigenvalue weighted by atomic mass is 10.1. The van der Waals surface area contributed by atoms with E-state index in [-0.39, 0.29) is 5.91 Å². The number of amides is 1. The van der Waals surface area contributed by atoms with Gasteiger partial charge in [0.25, 0.3) is 5.91 Å². The minimum atomic E-state index is -0.0818. The summed E-state index contributed by atoms with van der Waals surface area (Å²) in [7, 11) is 1.73. The fourth-order valence-electron chi connectivity index (χ4n) is 1.08. The van der Waals surface area contributed by atoms with Crippen molar-refractivity contribution in [2.24, 2.45) is 0 Å². The second-order valence-corrected chi connectivity index (χ2v) is 3.49. The Balaban J connectivity index is 3.02. The summed E-state index contributed by atoms with van der Waals surface area (Å²) in [6.07, 6.45) is 0. The Kier molecular flexibility index (Phi) is 3.36. The van der Waals surface area contributed by atoms with Gasteiger partial charge in [0.1, 0.15) is 0 Å². The molecule has 0 unspecified atom stereocenters. The van der Waals surface area contributed by atoms with Crippen LogP contribution in [0.5, 0.6) is 0 Å². The molecule has 0 fully saturated rings. The summed E-state index contributed by atoms with van der Waals surface area (Å²) in [4.78, 5) is 13.3. The Bertz CT molecular complexity index is 352. The Morgan fingerprint density at radius 1 is 1.57 bits per heavy atom. The molecule has 1 aromatic rings. The summed E-state index contributed by atoms with van der Waals surface area (Å²) in [6.45, 7) is 2.56. The van der Waals surface area contributed by atoms with Gasteiger partial charge < -0.3 is 10.6 Å². The van der Waals surface area contributed by atoms with Crippen molar-refractivity contribution in [3.05, 3.63) is 28.8 Å². The average molecular weight is 213 g/mol. The molecule has 0 aromatic heterocycles. The second kappa shape index (κ2) is 4.33. The fourth-order valence-corrected chi connectivity index (χ4v) is 1.26. The minimum absolute atomic E-state index is 0.0818. The number of halogens is 1. The third-order valence-electron chi connectivity index (χ3n) is 2.07. The number of benzene rings is 1. The summed E-state index contributed by atoms with van der Waals surface area (Å²) < 4.78 is 0. The summed E-state index contributed by atoms with van der Waals surface area (Å²) >= 11 is 5.73. The van der Waals surface area contributed by atoms with Crippen LogP contribution in [0.2, 0.25) is 5.02 Å². The van der Waals surface area contributed by atoms with Gasteiger partial charge in [0.2, 0.25) is 0 Å². The van der Waals surface area contributed by atoms with E-state index in [0.717, 1.165) is 0 Å². The number of anilines is 1. The number of hydrogen-bond donors (Lipinski definition) is 1. The van der Waals surface area contributed by atoms with Crippen molar-refractivity contribution >= 4 is 23.2 Å². The van der Waals surface area contributed by atoms with E-state index in [4.69, 9.17) is 17.3 Å². The minimum Gasteiger partial charge on any atom is -0.398 e. The van der Waals surface area contributed by atoms with Crippen LogP contribution in [0.1, 0.15) is 17.3 Å². The van der Waals surface area contributed by atoms with Crippen molar-refractivity contribution < 1.29 is 4.79 Å². The van der Waals surface area contributed by atoms with Gasteiger partial charge in [0, 0.05) is 24.3 Å². The Hall–Kier alpha value is -1.22. The highest BCUT2D eigenvalue weighted by molar-refractivity contribution is 6.31. The molecule has 0 aliphatic carbocycles. The van der Waals surface area contributed by atoms with Gasteiger partial charge in [0.05, 0.1) is 5.56 Å². The third kappa shape index (κ3) is 2.17. The van der Waals surface area contributed by atoms with Gasteiger partial charge in [-0.25, -0.2) is 0 Å². The van der Waals surface area contributed by atoms with Crippen molar-refractivity contribution in [3.8, 4) is 0 Å². The van der Waals surface area contributed by atoms with Gasteiger partial charge in [-0.1, -0.05) is 11.6 Å². The van der Waals surface area contributed by atoms with Crippen LogP contribution in [0.4, 0.5) is 5.69 Å². The van der Waals surface area contributed by atoms with Gasteiger partial charge in [-0.2, -0.15) is 0 Å². The molecular formula is C10H13ClN2O. The van der Waals surface area contributed by atoms with E-state index in [0.29, 0.717) is 22.8 Å². The summed E-state index contributed by atoms with van der Waals surface area (Å²) in [6, 6.07) is 4.89. The highest BCUT2D eigenvalue weighted by Crippen LogP contribution is 2.19. The molecule has 1 rings (SSSR count). The first-order valence-corrected chi connectivity index (χ1v) is 4.74. The molecule has 4 heteroatoms. The SMILES string of the molecule is CCN(C)C(=O)c1ccc(Cl)cc1N. The van der Waals surface area contributed by atoms with E-state index in [2.05, 4.69) is 0 Å². The molecule has 0 radical (unpaired) electrons. The van der Waals surface area contributed by atoms with Gasteiger partial charge >= 0.3 is 0 Å². The molecule has 2 N–H and O–H groups in total. The number of nitrogen functional groups attached to an aromatic ring is 1.